The molecule has 0 amide bonds. The van der Waals surface area contributed by atoms with Crippen LogP contribution in [0.15, 0.2) is 52.6 Å². The number of carbonyl (C=O) groups is 2. The molecule has 19 heavy (non-hydrogen) atoms. The van der Waals surface area contributed by atoms with E-state index in [2.05, 4.69) is 0 Å². The second-order valence-electron chi connectivity index (χ2n) is 5.08. The molecule has 1 aliphatic rings. The van der Waals surface area contributed by atoms with E-state index in [0.717, 1.165) is 5.56 Å². The van der Waals surface area contributed by atoms with Gasteiger partial charge >= 0.3 is 0 Å². The molecule has 0 aliphatic heterocycles. The van der Waals surface area contributed by atoms with E-state index in [4.69, 9.17) is 0 Å². The van der Waals surface area contributed by atoms with Gasteiger partial charge in [-0.15, -0.1) is 0 Å². The van der Waals surface area contributed by atoms with Gasteiger partial charge in [-0.2, -0.15) is 0 Å². The molecule has 2 rings (SSSR count). The van der Waals surface area contributed by atoms with Crippen LogP contribution < -0.4 is 0 Å². The van der Waals surface area contributed by atoms with Gasteiger partial charge in [0.05, 0.1) is 0 Å². The van der Waals surface area contributed by atoms with E-state index in [9.17, 15) is 9.59 Å². The molecule has 0 saturated carbocycles. The maximum absolute atomic E-state index is 12.4. The molecule has 0 radical (unpaired) electrons. The van der Waals surface area contributed by atoms with E-state index in [1.54, 1.807) is 20.8 Å². The molecule has 2 heteroatoms. The Kier molecular flexibility index (Phi) is 3.52. The number of rotatable bonds is 2. The van der Waals surface area contributed by atoms with E-state index < -0.39 is 0 Å². The molecule has 0 fully saturated rings. The monoisotopic (exact) mass is 254 g/mol. The Morgan fingerprint density at radius 3 is 1.89 bits per heavy atom. The maximum atomic E-state index is 12.4. The summed E-state index contributed by atoms with van der Waals surface area (Å²) >= 11 is 0. The molecule has 0 saturated heterocycles. The topological polar surface area (TPSA) is 34.1 Å². The lowest BCUT2D eigenvalue weighted by molar-refractivity contribution is -0.116. The summed E-state index contributed by atoms with van der Waals surface area (Å²) in [5, 5.41) is 0. The van der Waals surface area contributed by atoms with Crippen molar-refractivity contribution in [1.29, 1.82) is 0 Å². The van der Waals surface area contributed by atoms with Crippen molar-refractivity contribution >= 4 is 11.6 Å². The van der Waals surface area contributed by atoms with Crippen LogP contribution in [0.1, 0.15) is 39.2 Å². The molecule has 0 aromatic heterocycles. The highest BCUT2D eigenvalue weighted by atomic mass is 16.1. The van der Waals surface area contributed by atoms with Crippen LogP contribution in [0.4, 0.5) is 0 Å². The van der Waals surface area contributed by atoms with Gasteiger partial charge in [-0.25, -0.2) is 0 Å². The van der Waals surface area contributed by atoms with Gasteiger partial charge in [0.2, 0.25) is 0 Å². The summed E-state index contributed by atoms with van der Waals surface area (Å²) in [6.07, 6.45) is 0. The van der Waals surface area contributed by atoms with Crippen LogP contribution in [0.3, 0.4) is 0 Å². The summed E-state index contributed by atoms with van der Waals surface area (Å²) in [4.78, 5) is 24.6. The van der Waals surface area contributed by atoms with E-state index in [1.165, 1.54) is 0 Å². The second kappa shape index (κ2) is 4.96. The van der Waals surface area contributed by atoms with E-state index >= 15 is 0 Å². The highest BCUT2D eigenvalue weighted by Gasteiger charge is 2.31. The van der Waals surface area contributed by atoms with Gasteiger partial charge in [0.1, 0.15) is 0 Å². The number of allylic oxidation sites excluding steroid dienone is 4. The van der Waals surface area contributed by atoms with Gasteiger partial charge in [-0.1, -0.05) is 37.3 Å². The fourth-order valence-electron chi connectivity index (χ4n) is 2.55. The van der Waals surface area contributed by atoms with Crippen LogP contribution in [-0.4, -0.2) is 11.6 Å². The van der Waals surface area contributed by atoms with Crippen LogP contribution in [-0.2, 0) is 9.59 Å². The molecule has 1 aliphatic carbocycles. The molecule has 1 aromatic rings. The van der Waals surface area contributed by atoms with E-state index in [1.807, 2.05) is 37.3 Å². The summed E-state index contributed by atoms with van der Waals surface area (Å²) in [7, 11) is 0. The summed E-state index contributed by atoms with van der Waals surface area (Å²) in [5.41, 5.74) is 3.44. The summed E-state index contributed by atoms with van der Waals surface area (Å²) in [6, 6.07) is 9.82. The van der Waals surface area contributed by atoms with Gasteiger partial charge < -0.3 is 0 Å². The van der Waals surface area contributed by atoms with Crippen LogP contribution in [0.2, 0.25) is 0 Å². The number of hydrogen-bond donors (Lipinski definition) is 0. The van der Waals surface area contributed by atoms with Gasteiger partial charge in [-0.05, 0) is 26.3 Å². The van der Waals surface area contributed by atoms with Crippen LogP contribution in [0.5, 0.6) is 0 Å². The standard InChI is InChI=1S/C17H18O2/c1-10-11(2)17(19)15(13(4)16(10)18)12(3)14-8-6-5-7-9-14/h5-9,12H,1-4H3. The van der Waals surface area contributed by atoms with Crippen LogP contribution in [0.25, 0.3) is 0 Å². The lowest BCUT2D eigenvalue weighted by Gasteiger charge is -2.23. The molecule has 1 unspecified atom stereocenters. The van der Waals surface area contributed by atoms with E-state index in [-0.39, 0.29) is 17.5 Å². The highest BCUT2D eigenvalue weighted by Crippen LogP contribution is 2.33. The fraction of sp³-hybridized carbons (Fsp3) is 0.294. The molecule has 0 bridgehead atoms. The molecular weight excluding hydrogens is 236 g/mol. The Balaban J connectivity index is 2.50. The molecule has 1 aromatic carbocycles. The third kappa shape index (κ3) is 2.19. The van der Waals surface area contributed by atoms with Crippen molar-refractivity contribution in [3.05, 3.63) is 58.2 Å². The molecule has 0 spiro atoms. The van der Waals surface area contributed by atoms with E-state index in [0.29, 0.717) is 22.3 Å². The van der Waals surface area contributed by atoms with Crippen molar-refractivity contribution < 1.29 is 9.59 Å². The first kappa shape index (κ1) is 13.5. The third-order valence-electron chi connectivity index (χ3n) is 3.97. The highest BCUT2D eigenvalue weighted by molar-refractivity contribution is 6.25. The summed E-state index contributed by atoms with van der Waals surface area (Å²) in [6.45, 7) is 7.20. The quantitative estimate of drug-likeness (QED) is 0.756. The number of benzene rings is 1. The first-order valence-electron chi connectivity index (χ1n) is 6.47. The number of hydrogen-bond acceptors (Lipinski definition) is 2. The lowest BCUT2D eigenvalue weighted by Crippen LogP contribution is -2.23. The van der Waals surface area contributed by atoms with Gasteiger partial charge in [0.15, 0.2) is 11.6 Å². The lowest BCUT2D eigenvalue weighted by atomic mass is 9.78. The predicted octanol–water partition coefficient (Wildman–Crippen LogP) is 3.59. The van der Waals surface area contributed by atoms with Crippen molar-refractivity contribution in [1.82, 2.24) is 0 Å². The zero-order chi connectivity index (χ0) is 14.2. The Morgan fingerprint density at radius 1 is 0.789 bits per heavy atom. The number of carbonyl (C=O) groups excluding carboxylic acids is 2. The number of Topliss-reactive ketones (excluding diaryl/α,β-unsaturated/α-hetero) is 2. The van der Waals surface area contributed by atoms with Gasteiger partial charge in [-0.3, -0.25) is 9.59 Å². The summed E-state index contributed by atoms with van der Waals surface area (Å²) < 4.78 is 0. The third-order valence-corrected chi connectivity index (χ3v) is 3.97. The molecule has 0 N–H and O–H groups in total. The Hall–Kier alpha value is -1.96. The second-order valence-corrected chi connectivity index (χ2v) is 5.08. The first-order chi connectivity index (χ1) is 8.95. The van der Waals surface area contributed by atoms with Crippen molar-refractivity contribution in [2.45, 2.75) is 33.6 Å². The average Bonchev–Trinajstić information content (AvgIpc) is 2.44. The largest absolute Gasteiger partial charge is 0.289 e. The van der Waals surface area contributed by atoms with Crippen molar-refractivity contribution in [3.63, 3.8) is 0 Å². The summed E-state index contributed by atoms with van der Waals surface area (Å²) in [5.74, 6) is -0.0541. The Bertz CT molecular complexity index is 603. The fourth-order valence-corrected chi connectivity index (χ4v) is 2.55. The van der Waals surface area contributed by atoms with Crippen molar-refractivity contribution in [2.75, 3.05) is 0 Å². The minimum atomic E-state index is -0.0549. The predicted molar refractivity (Wildman–Crippen MR) is 75.9 cm³/mol. The molecule has 1 atom stereocenters. The Labute approximate surface area is 113 Å². The van der Waals surface area contributed by atoms with Crippen molar-refractivity contribution in [2.24, 2.45) is 0 Å². The normalized spacial score (nSPS) is 18.1. The minimum absolute atomic E-state index is 0.00474. The van der Waals surface area contributed by atoms with Crippen LogP contribution >= 0.6 is 0 Å². The Morgan fingerprint density at radius 2 is 1.32 bits per heavy atom. The first-order valence-corrected chi connectivity index (χ1v) is 6.47. The minimum Gasteiger partial charge on any atom is -0.289 e. The number of ketones is 2. The molecule has 2 nitrogen and oxygen atoms in total. The zero-order valence-corrected chi connectivity index (χ0v) is 11.8. The van der Waals surface area contributed by atoms with Crippen molar-refractivity contribution in [3.8, 4) is 0 Å². The molecule has 0 heterocycles. The molecule has 98 valence electrons. The molecular formula is C17H18O2. The maximum Gasteiger partial charge on any atom is 0.186 e. The smallest absolute Gasteiger partial charge is 0.186 e. The SMILES string of the molecule is CC1=C(C)C(=O)C(C(C)c2ccccc2)=C(C)C1=O. The van der Waals surface area contributed by atoms with Crippen LogP contribution in [0, 0.1) is 0 Å². The van der Waals surface area contributed by atoms with Gasteiger partial charge in [0.25, 0.3) is 0 Å². The van der Waals surface area contributed by atoms with Gasteiger partial charge in [0, 0.05) is 28.2 Å². The zero-order valence-electron chi connectivity index (χ0n) is 11.8. The average molecular weight is 254 g/mol.